The normalized spacial score (nSPS) is 9.60. The molecule has 2 rings (SSSR count). The molecule has 3 nitrogen and oxygen atoms in total. The summed E-state index contributed by atoms with van der Waals surface area (Å²) >= 11 is 0. The Balaban J connectivity index is 2.25. The number of aryl methyl sites for hydroxylation is 1. The lowest BCUT2D eigenvalue weighted by Crippen LogP contribution is -2.04. The second-order valence-electron chi connectivity index (χ2n) is 4.39. The van der Waals surface area contributed by atoms with E-state index < -0.39 is 0 Å². The van der Waals surface area contributed by atoms with Gasteiger partial charge in [0.05, 0.1) is 16.8 Å². The zero-order valence-corrected chi connectivity index (χ0v) is 10.9. The zero-order chi connectivity index (χ0) is 14.5. The van der Waals surface area contributed by atoms with Crippen molar-refractivity contribution in [3.05, 3.63) is 64.5 Å². The summed E-state index contributed by atoms with van der Waals surface area (Å²) in [5.41, 5.74) is 2.63. The fourth-order valence-corrected chi connectivity index (χ4v) is 1.87. The van der Waals surface area contributed by atoms with Crippen molar-refractivity contribution in [2.24, 2.45) is 0 Å². The molecule has 0 aliphatic carbocycles. The van der Waals surface area contributed by atoms with Gasteiger partial charge in [0.2, 0.25) is 0 Å². The number of benzene rings is 2. The van der Waals surface area contributed by atoms with Gasteiger partial charge in [-0.2, -0.15) is 10.5 Å². The lowest BCUT2D eigenvalue weighted by atomic mass is 10.1. The summed E-state index contributed by atoms with van der Waals surface area (Å²) in [4.78, 5) is 0. The van der Waals surface area contributed by atoms with Crippen molar-refractivity contribution in [1.82, 2.24) is 0 Å². The van der Waals surface area contributed by atoms with Crippen LogP contribution >= 0.6 is 0 Å². The monoisotopic (exact) mass is 265 g/mol. The van der Waals surface area contributed by atoms with Crippen molar-refractivity contribution in [1.29, 1.82) is 10.5 Å². The van der Waals surface area contributed by atoms with Gasteiger partial charge < -0.3 is 5.32 Å². The van der Waals surface area contributed by atoms with E-state index in [1.54, 1.807) is 31.2 Å². The number of para-hydroxylation sites is 1. The number of halogens is 1. The molecule has 0 atom stereocenters. The van der Waals surface area contributed by atoms with Crippen LogP contribution in [-0.2, 0) is 6.54 Å². The van der Waals surface area contributed by atoms with Crippen molar-refractivity contribution >= 4 is 5.69 Å². The maximum Gasteiger partial charge on any atom is 0.126 e. The molecular weight excluding hydrogens is 253 g/mol. The van der Waals surface area contributed by atoms with E-state index in [2.05, 4.69) is 5.32 Å². The van der Waals surface area contributed by atoms with E-state index >= 15 is 0 Å². The minimum Gasteiger partial charge on any atom is -0.379 e. The standard InChI is InChI=1S/C16H12FN3/c1-11-5-6-12(7-15(11)17)10-20-16-13(8-18)3-2-4-14(16)9-19/h2-7,20H,10H2,1H3. The first-order valence-corrected chi connectivity index (χ1v) is 6.08. The molecular formula is C16H12FN3. The lowest BCUT2D eigenvalue weighted by molar-refractivity contribution is 0.616. The number of rotatable bonds is 3. The molecule has 4 heteroatoms. The molecule has 2 aromatic carbocycles. The molecule has 0 unspecified atom stereocenters. The van der Waals surface area contributed by atoms with Crippen LogP contribution in [0.25, 0.3) is 0 Å². The van der Waals surface area contributed by atoms with Crippen LogP contribution in [0.5, 0.6) is 0 Å². The van der Waals surface area contributed by atoms with Gasteiger partial charge in [-0.1, -0.05) is 18.2 Å². The van der Waals surface area contributed by atoms with Crippen LogP contribution in [0.15, 0.2) is 36.4 Å². The van der Waals surface area contributed by atoms with E-state index in [1.807, 2.05) is 18.2 Å². The number of hydrogen-bond donors (Lipinski definition) is 1. The second-order valence-corrected chi connectivity index (χ2v) is 4.39. The molecule has 0 amide bonds. The van der Waals surface area contributed by atoms with Crippen LogP contribution in [0.3, 0.4) is 0 Å². The van der Waals surface area contributed by atoms with Crippen LogP contribution in [0.1, 0.15) is 22.3 Å². The third-order valence-electron chi connectivity index (χ3n) is 3.01. The van der Waals surface area contributed by atoms with Gasteiger partial charge in [0.15, 0.2) is 0 Å². The largest absolute Gasteiger partial charge is 0.379 e. The first-order valence-electron chi connectivity index (χ1n) is 6.08. The van der Waals surface area contributed by atoms with E-state index in [0.29, 0.717) is 28.9 Å². The average molecular weight is 265 g/mol. The van der Waals surface area contributed by atoms with Gasteiger partial charge in [-0.15, -0.1) is 0 Å². The number of hydrogen-bond acceptors (Lipinski definition) is 3. The Morgan fingerprint density at radius 1 is 1.10 bits per heavy atom. The van der Waals surface area contributed by atoms with Crippen molar-refractivity contribution in [3.63, 3.8) is 0 Å². The maximum absolute atomic E-state index is 13.5. The summed E-state index contributed by atoms with van der Waals surface area (Å²) in [6, 6.07) is 14.0. The third-order valence-corrected chi connectivity index (χ3v) is 3.01. The molecule has 0 bridgehead atoms. The van der Waals surface area contributed by atoms with Gasteiger partial charge in [0.25, 0.3) is 0 Å². The van der Waals surface area contributed by atoms with Gasteiger partial charge in [-0.25, -0.2) is 4.39 Å². The number of nitrogens with zero attached hydrogens (tertiary/aromatic N) is 2. The van der Waals surface area contributed by atoms with E-state index in [-0.39, 0.29) is 5.82 Å². The summed E-state index contributed by atoms with van der Waals surface area (Å²) in [6.07, 6.45) is 0. The summed E-state index contributed by atoms with van der Waals surface area (Å²) in [5, 5.41) is 21.1. The fraction of sp³-hybridized carbons (Fsp3) is 0.125. The highest BCUT2D eigenvalue weighted by molar-refractivity contribution is 5.66. The Kier molecular flexibility index (Phi) is 3.98. The molecule has 20 heavy (non-hydrogen) atoms. The molecule has 1 N–H and O–H groups in total. The maximum atomic E-state index is 13.5. The Morgan fingerprint density at radius 2 is 1.75 bits per heavy atom. The smallest absolute Gasteiger partial charge is 0.126 e. The van der Waals surface area contributed by atoms with Crippen molar-refractivity contribution in [3.8, 4) is 12.1 Å². The molecule has 2 aromatic rings. The van der Waals surface area contributed by atoms with Gasteiger partial charge in [-0.3, -0.25) is 0 Å². The molecule has 0 radical (unpaired) electrons. The van der Waals surface area contributed by atoms with Crippen LogP contribution < -0.4 is 5.32 Å². The van der Waals surface area contributed by atoms with Gasteiger partial charge in [0.1, 0.15) is 18.0 Å². The van der Waals surface area contributed by atoms with Crippen molar-refractivity contribution in [2.75, 3.05) is 5.32 Å². The SMILES string of the molecule is Cc1ccc(CNc2c(C#N)cccc2C#N)cc1F. The van der Waals surface area contributed by atoms with E-state index in [1.165, 1.54) is 6.07 Å². The topological polar surface area (TPSA) is 59.6 Å². The molecule has 0 heterocycles. The minimum atomic E-state index is -0.265. The van der Waals surface area contributed by atoms with E-state index in [4.69, 9.17) is 10.5 Å². The molecule has 0 aliphatic heterocycles. The molecule has 98 valence electrons. The van der Waals surface area contributed by atoms with Crippen molar-refractivity contribution < 1.29 is 4.39 Å². The van der Waals surface area contributed by atoms with Crippen molar-refractivity contribution in [2.45, 2.75) is 13.5 Å². The van der Waals surface area contributed by atoms with Crippen LogP contribution in [-0.4, -0.2) is 0 Å². The Hall–Kier alpha value is -2.85. The lowest BCUT2D eigenvalue weighted by Gasteiger charge is -2.10. The zero-order valence-electron chi connectivity index (χ0n) is 10.9. The average Bonchev–Trinajstić information content (AvgIpc) is 2.48. The summed E-state index contributed by atoms with van der Waals surface area (Å²) in [7, 11) is 0. The number of nitriles is 2. The highest BCUT2D eigenvalue weighted by Gasteiger charge is 2.08. The van der Waals surface area contributed by atoms with Crippen LogP contribution in [0, 0.1) is 35.4 Å². The molecule has 0 fully saturated rings. The second kappa shape index (κ2) is 5.86. The first kappa shape index (κ1) is 13.6. The van der Waals surface area contributed by atoms with E-state index in [9.17, 15) is 4.39 Å². The van der Waals surface area contributed by atoms with Gasteiger partial charge >= 0.3 is 0 Å². The quantitative estimate of drug-likeness (QED) is 0.924. The van der Waals surface area contributed by atoms with Crippen LogP contribution in [0.4, 0.5) is 10.1 Å². The van der Waals surface area contributed by atoms with E-state index in [0.717, 1.165) is 5.56 Å². The fourth-order valence-electron chi connectivity index (χ4n) is 1.87. The van der Waals surface area contributed by atoms with Gasteiger partial charge in [-0.05, 0) is 36.2 Å². The predicted molar refractivity (Wildman–Crippen MR) is 74.3 cm³/mol. The highest BCUT2D eigenvalue weighted by Crippen LogP contribution is 2.21. The number of anilines is 1. The summed E-state index contributed by atoms with van der Waals surface area (Å²) in [5.74, 6) is -0.265. The minimum absolute atomic E-state index is 0.265. The van der Waals surface area contributed by atoms with Crippen LogP contribution in [0.2, 0.25) is 0 Å². The molecule has 0 spiro atoms. The molecule has 0 saturated heterocycles. The molecule has 0 saturated carbocycles. The summed E-state index contributed by atoms with van der Waals surface area (Å²) in [6.45, 7) is 2.05. The predicted octanol–water partition coefficient (Wildman–Crippen LogP) is 3.49. The first-order chi connectivity index (χ1) is 9.65. The Bertz CT molecular complexity index is 691. The summed E-state index contributed by atoms with van der Waals surface area (Å²) < 4.78 is 13.5. The third kappa shape index (κ3) is 2.76. The molecule has 0 aromatic heterocycles. The Labute approximate surface area is 116 Å². The Morgan fingerprint density at radius 3 is 2.30 bits per heavy atom. The highest BCUT2D eigenvalue weighted by atomic mass is 19.1. The van der Waals surface area contributed by atoms with Gasteiger partial charge in [0, 0.05) is 6.54 Å². The number of nitrogens with one attached hydrogen (secondary N) is 1. The molecule has 0 aliphatic rings.